The van der Waals surface area contributed by atoms with Crippen LogP contribution in [0.1, 0.15) is 67.7 Å². The topological polar surface area (TPSA) is 110 Å². The van der Waals surface area contributed by atoms with Crippen molar-refractivity contribution in [1.82, 2.24) is 15.0 Å². The number of nitrogens with zero attached hydrogens (tertiary/aromatic N) is 5. The molecule has 10 heteroatoms. The van der Waals surface area contributed by atoms with Gasteiger partial charge in [0.1, 0.15) is 17.5 Å². The van der Waals surface area contributed by atoms with Crippen LogP contribution in [0.25, 0.3) is 0 Å². The second kappa shape index (κ2) is 13.6. The van der Waals surface area contributed by atoms with E-state index in [1.807, 2.05) is 95.9 Å². The van der Waals surface area contributed by atoms with E-state index in [0.29, 0.717) is 31.6 Å². The number of aromatic nitrogens is 3. The molecule has 1 N–H and O–H groups in total. The second-order valence-corrected chi connectivity index (χ2v) is 15.0. The number of anilines is 2. The summed E-state index contributed by atoms with van der Waals surface area (Å²) in [5, 5.41) is 19.7. The van der Waals surface area contributed by atoms with E-state index in [-0.39, 0.29) is 29.8 Å². The number of amides is 2. The minimum atomic E-state index is -1.20. The Morgan fingerprint density at radius 1 is 0.962 bits per heavy atom. The van der Waals surface area contributed by atoms with E-state index in [4.69, 9.17) is 9.47 Å². The summed E-state index contributed by atoms with van der Waals surface area (Å²) in [4.78, 5) is 30.8. The first-order valence-corrected chi connectivity index (χ1v) is 18.4. The number of para-hydroxylation sites is 1. The van der Waals surface area contributed by atoms with Crippen LogP contribution >= 0.6 is 0 Å². The number of aliphatic hydroxyl groups excluding tert-OH is 1. The molecule has 5 atom stereocenters. The van der Waals surface area contributed by atoms with E-state index < -0.39 is 17.1 Å². The monoisotopic (exact) mass is 711 g/mol. The van der Waals surface area contributed by atoms with E-state index in [1.165, 1.54) is 0 Å². The Hall–Kier alpha value is -5.32. The van der Waals surface area contributed by atoms with Gasteiger partial charge in [-0.05, 0) is 58.9 Å². The minimum Gasteiger partial charge on any atom is -0.497 e. The predicted molar refractivity (Wildman–Crippen MR) is 201 cm³/mol. The number of rotatable bonds is 11. The Kier molecular flexibility index (Phi) is 8.91. The smallest absolute Gasteiger partial charge is 0.264 e. The summed E-state index contributed by atoms with van der Waals surface area (Å²) >= 11 is 0. The summed E-state index contributed by atoms with van der Waals surface area (Å²) in [7, 11) is 1.66. The number of β-lactam (4-membered cyclic amide) rings is 1. The van der Waals surface area contributed by atoms with Crippen LogP contribution in [-0.2, 0) is 38.4 Å². The Balaban J connectivity index is 1.11. The van der Waals surface area contributed by atoms with Crippen molar-refractivity contribution in [3.63, 3.8) is 0 Å². The van der Waals surface area contributed by atoms with Gasteiger partial charge in [-0.2, -0.15) is 0 Å². The van der Waals surface area contributed by atoms with Crippen LogP contribution in [0, 0.1) is 11.8 Å². The molecule has 0 saturated carbocycles. The number of carbonyl (C=O) groups excluding carboxylic acids is 2. The number of aryl methyl sites for hydroxylation is 1. The molecule has 2 fully saturated rings. The van der Waals surface area contributed by atoms with Crippen molar-refractivity contribution in [2.24, 2.45) is 11.8 Å². The van der Waals surface area contributed by atoms with Gasteiger partial charge in [0.15, 0.2) is 5.60 Å². The molecule has 2 amide bonds. The van der Waals surface area contributed by atoms with Crippen molar-refractivity contribution in [3.8, 4) is 5.75 Å². The van der Waals surface area contributed by atoms with Gasteiger partial charge in [-0.25, -0.2) is 0 Å². The van der Waals surface area contributed by atoms with Crippen LogP contribution in [0.3, 0.4) is 0 Å². The molecular weight excluding hydrogens is 667 g/mol. The molecule has 0 aliphatic carbocycles. The number of fused-ring (bicyclic) bond motifs is 2. The molecule has 1 spiro atoms. The summed E-state index contributed by atoms with van der Waals surface area (Å²) in [5.74, 6) is 0.577. The first kappa shape index (κ1) is 34.7. The molecule has 0 radical (unpaired) electrons. The third-order valence-corrected chi connectivity index (χ3v) is 11.8. The Morgan fingerprint density at radius 3 is 2.36 bits per heavy atom. The van der Waals surface area contributed by atoms with Crippen molar-refractivity contribution >= 4 is 23.2 Å². The maximum absolute atomic E-state index is 15.1. The van der Waals surface area contributed by atoms with Crippen molar-refractivity contribution in [1.29, 1.82) is 0 Å². The highest BCUT2D eigenvalue weighted by molar-refractivity contribution is 6.07. The number of methoxy groups -OCH3 is 1. The Morgan fingerprint density at radius 2 is 1.68 bits per heavy atom. The van der Waals surface area contributed by atoms with Crippen LogP contribution in [0.4, 0.5) is 11.4 Å². The fraction of sp³-hybridized carbons (Fsp3) is 0.349. The van der Waals surface area contributed by atoms with Gasteiger partial charge in [0, 0.05) is 42.6 Å². The fourth-order valence-electron chi connectivity index (χ4n) is 8.86. The molecule has 10 nitrogen and oxygen atoms in total. The van der Waals surface area contributed by atoms with E-state index in [1.54, 1.807) is 22.9 Å². The van der Waals surface area contributed by atoms with E-state index >= 15 is 4.79 Å². The molecule has 8 rings (SSSR count). The molecule has 4 aromatic carbocycles. The van der Waals surface area contributed by atoms with Gasteiger partial charge in [-0.3, -0.25) is 14.3 Å². The number of hydrogen-bond acceptors (Lipinski definition) is 7. The third kappa shape index (κ3) is 5.90. The summed E-state index contributed by atoms with van der Waals surface area (Å²) in [6.07, 6.45) is 1.74. The van der Waals surface area contributed by atoms with Crippen LogP contribution in [0.5, 0.6) is 5.75 Å². The lowest BCUT2D eigenvalue weighted by Gasteiger charge is -2.38. The van der Waals surface area contributed by atoms with Crippen molar-refractivity contribution in [2.45, 2.75) is 69.9 Å². The van der Waals surface area contributed by atoms with Crippen molar-refractivity contribution < 1.29 is 24.2 Å². The van der Waals surface area contributed by atoms with Gasteiger partial charge in [-0.1, -0.05) is 98.8 Å². The van der Waals surface area contributed by atoms with E-state index in [0.717, 1.165) is 45.9 Å². The number of aliphatic hydroxyl groups is 1. The molecule has 0 unspecified atom stereocenters. The summed E-state index contributed by atoms with van der Waals surface area (Å²) < 4.78 is 14.5. The summed E-state index contributed by atoms with van der Waals surface area (Å²) in [6.45, 7) is 8.24. The zero-order valence-electron chi connectivity index (χ0n) is 30.6. The van der Waals surface area contributed by atoms with E-state index in [9.17, 15) is 9.90 Å². The number of hydrogen-bond donors (Lipinski definition) is 1. The molecule has 1 aromatic heterocycles. The minimum absolute atomic E-state index is 0.0692. The first-order valence-electron chi connectivity index (χ1n) is 18.4. The largest absolute Gasteiger partial charge is 0.497 e. The van der Waals surface area contributed by atoms with Gasteiger partial charge in [0.05, 0.1) is 31.6 Å². The molecule has 3 aliphatic heterocycles. The van der Waals surface area contributed by atoms with Gasteiger partial charge < -0.3 is 24.4 Å². The lowest BCUT2D eigenvalue weighted by molar-refractivity contribution is -0.146. The van der Waals surface area contributed by atoms with Crippen LogP contribution in [0.15, 0.2) is 109 Å². The highest BCUT2D eigenvalue weighted by Gasteiger charge is 2.65. The third-order valence-electron chi connectivity index (χ3n) is 11.8. The highest BCUT2D eigenvalue weighted by Crippen LogP contribution is 2.60. The maximum Gasteiger partial charge on any atom is 0.264 e. The van der Waals surface area contributed by atoms with E-state index in [2.05, 4.69) is 43.2 Å². The molecule has 4 heterocycles. The molecule has 3 aliphatic rings. The van der Waals surface area contributed by atoms with Crippen molar-refractivity contribution in [3.05, 3.63) is 137 Å². The Bertz CT molecular complexity index is 2120. The van der Waals surface area contributed by atoms with Gasteiger partial charge in [0.2, 0.25) is 5.91 Å². The standard InChI is InChI=1S/C43H45N5O5/c1-28-39(42(2,3)31-16-20-33(52-4)21-17-31)37(22-24-46-27-35(44-45-46)40(50)30-10-6-5-7-11-30)53-43(28)34-12-8-9-13-36(34)48(41(43)51)26-29-14-18-32(19-15-29)47-25-23-38(47)49/h5-21,27-28,37,39-40,50H,22-26H2,1-4H3/t28-,37+,39-,40+,43+/m0/s1. The number of benzene rings is 4. The zero-order valence-corrected chi connectivity index (χ0v) is 30.6. The molecule has 272 valence electrons. The summed E-state index contributed by atoms with van der Waals surface area (Å²) in [6, 6.07) is 33.5. The average Bonchev–Trinajstić information content (AvgIpc) is 3.84. The molecule has 53 heavy (non-hydrogen) atoms. The lowest BCUT2D eigenvalue weighted by Crippen LogP contribution is -2.45. The highest BCUT2D eigenvalue weighted by atomic mass is 16.5. The predicted octanol–water partition coefficient (Wildman–Crippen LogP) is 6.57. The molecule has 2 saturated heterocycles. The fourth-order valence-corrected chi connectivity index (χ4v) is 8.86. The second-order valence-electron chi connectivity index (χ2n) is 15.0. The quantitative estimate of drug-likeness (QED) is 0.155. The number of ether oxygens (including phenoxy) is 2. The van der Waals surface area contributed by atoms with Crippen LogP contribution in [0.2, 0.25) is 0 Å². The number of carbonyl (C=O) groups is 2. The van der Waals surface area contributed by atoms with Gasteiger partial charge in [0.25, 0.3) is 5.91 Å². The lowest BCUT2D eigenvalue weighted by atomic mass is 9.63. The zero-order chi connectivity index (χ0) is 36.9. The SMILES string of the molecule is COc1ccc(C(C)(C)[C@@H]2[C@@H](CCn3cc([C@H](O)c4ccccc4)nn3)O[C@]3(C(=O)N(Cc4ccc(N5CCC5=O)cc4)c4ccccc43)[C@H]2C)cc1. The molecule has 5 aromatic rings. The molecular formula is C43H45N5O5. The summed E-state index contributed by atoms with van der Waals surface area (Å²) in [5.41, 5.74) is 4.34. The maximum atomic E-state index is 15.1. The average molecular weight is 712 g/mol. The normalized spacial score (nSPS) is 23.0. The first-order chi connectivity index (χ1) is 25.6. The van der Waals surface area contributed by atoms with Crippen molar-refractivity contribution in [2.75, 3.05) is 23.5 Å². The Labute approximate surface area is 310 Å². The van der Waals surface area contributed by atoms with Gasteiger partial charge in [-0.15, -0.1) is 5.10 Å². The van der Waals surface area contributed by atoms with Crippen LogP contribution in [-0.4, -0.2) is 51.7 Å². The van der Waals surface area contributed by atoms with Gasteiger partial charge >= 0.3 is 0 Å². The van der Waals surface area contributed by atoms with Crippen LogP contribution < -0.4 is 14.5 Å². The molecule has 0 bridgehead atoms.